The zero-order chi connectivity index (χ0) is 16.8. The normalized spacial score (nSPS) is 36.1. The Morgan fingerprint density at radius 2 is 1.82 bits per heavy atom. The summed E-state index contributed by atoms with van der Waals surface area (Å²) in [6.45, 7) is 16.9. The molecule has 0 amide bonds. The third kappa shape index (κ3) is 3.06. The van der Waals surface area contributed by atoms with Crippen molar-refractivity contribution in [2.24, 2.45) is 33.2 Å². The smallest absolute Gasteiger partial charge is 0.0411 e. The molecule has 1 saturated carbocycles. The van der Waals surface area contributed by atoms with Crippen LogP contribution in [0.3, 0.4) is 0 Å². The second-order valence-electron chi connectivity index (χ2n) is 9.80. The van der Waals surface area contributed by atoms with Gasteiger partial charge >= 0.3 is 0 Å². The van der Waals surface area contributed by atoms with E-state index < -0.39 is 0 Å². The van der Waals surface area contributed by atoms with Crippen LogP contribution < -0.4 is 0 Å². The maximum Gasteiger partial charge on any atom is 0.0411 e. The van der Waals surface area contributed by atoms with Crippen molar-refractivity contribution in [2.75, 3.05) is 0 Å². The topological polar surface area (TPSA) is 48.8 Å². The Balaban J connectivity index is 2.44. The van der Waals surface area contributed by atoms with E-state index in [0.29, 0.717) is 17.3 Å². The molecule has 4 atom stereocenters. The van der Waals surface area contributed by atoms with Crippen LogP contribution in [0.1, 0.15) is 74.1 Å². The summed E-state index contributed by atoms with van der Waals surface area (Å²) in [6.07, 6.45) is 6.79. The minimum absolute atomic E-state index is 0.163. The molecule has 0 N–H and O–H groups in total. The van der Waals surface area contributed by atoms with Crippen LogP contribution in [0.15, 0.2) is 16.8 Å². The Bertz CT molecular complexity index is 500. The van der Waals surface area contributed by atoms with Gasteiger partial charge in [-0.25, -0.2) is 0 Å². The Kier molecular flexibility index (Phi) is 4.43. The average Bonchev–Trinajstić information content (AvgIpc) is 2.35. The summed E-state index contributed by atoms with van der Waals surface area (Å²) in [5.74, 6) is 1.38. The maximum absolute atomic E-state index is 8.75. The Hall–Kier alpha value is -0.950. The highest BCUT2D eigenvalue weighted by Gasteiger charge is 2.53. The molecule has 0 aliphatic heterocycles. The van der Waals surface area contributed by atoms with E-state index >= 15 is 0 Å². The van der Waals surface area contributed by atoms with Crippen molar-refractivity contribution in [2.45, 2.75) is 80.2 Å². The summed E-state index contributed by atoms with van der Waals surface area (Å²) in [7, 11) is 0. The molecule has 0 aromatic heterocycles. The summed E-state index contributed by atoms with van der Waals surface area (Å²) in [4.78, 5) is 3.04. The monoisotopic (exact) mass is 303 g/mol. The van der Waals surface area contributed by atoms with Crippen LogP contribution >= 0.6 is 0 Å². The highest BCUT2D eigenvalue weighted by Crippen LogP contribution is 2.61. The molecule has 2 unspecified atom stereocenters. The lowest BCUT2D eigenvalue weighted by Gasteiger charge is -2.58. The van der Waals surface area contributed by atoms with Gasteiger partial charge in [0.1, 0.15) is 0 Å². The van der Waals surface area contributed by atoms with E-state index in [2.05, 4.69) is 64.6 Å². The first kappa shape index (κ1) is 17.4. The summed E-state index contributed by atoms with van der Waals surface area (Å²) in [5, 5.41) is 4.00. The Labute approximate surface area is 136 Å². The molecular formula is C19H33N3. The van der Waals surface area contributed by atoms with Gasteiger partial charge in [0.25, 0.3) is 0 Å². The molecule has 2 aliphatic rings. The number of hydrogen-bond donors (Lipinski definition) is 0. The molecular weight excluding hydrogens is 270 g/mol. The molecule has 0 aromatic rings. The van der Waals surface area contributed by atoms with E-state index in [1.54, 1.807) is 5.57 Å². The maximum atomic E-state index is 8.75. The van der Waals surface area contributed by atoms with Crippen LogP contribution in [-0.4, -0.2) is 6.04 Å². The van der Waals surface area contributed by atoms with E-state index in [4.69, 9.17) is 5.53 Å². The van der Waals surface area contributed by atoms with Crippen molar-refractivity contribution >= 4 is 0 Å². The van der Waals surface area contributed by atoms with E-state index in [1.165, 1.54) is 6.42 Å². The Morgan fingerprint density at radius 1 is 1.18 bits per heavy atom. The highest BCUT2D eigenvalue weighted by atomic mass is 15.1. The van der Waals surface area contributed by atoms with Crippen LogP contribution in [0.4, 0.5) is 0 Å². The molecule has 2 aliphatic carbocycles. The SMILES string of the molecule is CC(C)(C)C1CC=C2C[C@H](N=[N+]=[N-])CC[C@]2(C)C1C(C)(C)C. The molecule has 0 radical (unpaired) electrons. The minimum atomic E-state index is 0.163. The zero-order valence-corrected chi connectivity index (χ0v) is 15.5. The van der Waals surface area contributed by atoms with Crippen molar-refractivity contribution in [1.82, 2.24) is 0 Å². The highest BCUT2D eigenvalue weighted by molar-refractivity contribution is 5.25. The van der Waals surface area contributed by atoms with Crippen molar-refractivity contribution < 1.29 is 0 Å². The fourth-order valence-corrected chi connectivity index (χ4v) is 5.32. The fraction of sp³-hybridized carbons (Fsp3) is 0.895. The van der Waals surface area contributed by atoms with Gasteiger partial charge in [-0.05, 0) is 59.3 Å². The first-order chi connectivity index (χ1) is 10.00. The molecule has 124 valence electrons. The van der Waals surface area contributed by atoms with Crippen LogP contribution in [0.2, 0.25) is 0 Å². The summed E-state index contributed by atoms with van der Waals surface area (Å²) in [5.41, 5.74) is 11.2. The molecule has 2 rings (SSSR count). The second-order valence-corrected chi connectivity index (χ2v) is 9.80. The third-order valence-electron chi connectivity index (χ3n) is 6.15. The summed E-state index contributed by atoms with van der Waals surface area (Å²) >= 11 is 0. The second kappa shape index (κ2) is 5.60. The zero-order valence-electron chi connectivity index (χ0n) is 15.5. The van der Waals surface area contributed by atoms with Crippen LogP contribution in [0.25, 0.3) is 10.4 Å². The standard InChI is InChI=1S/C19H33N3/c1-17(2,3)15-9-8-13-12-14(21-22-20)10-11-19(13,7)16(15)18(4,5)6/h8,14-16H,9-12H2,1-7H3/t14-,15?,16?,19+/m1/s1. The molecule has 0 saturated heterocycles. The predicted octanol–water partition coefficient (Wildman–Crippen LogP) is 6.51. The van der Waals surface area contributed by atoms with Crippen molar-refractivity contribution in [3.8, 4) is 0 Å². The van der Waals surface area contributed by atoms with E-state index in [1.807, 2.05) is 0 Å². The summed E-state index contributed by atoms with van der Waals surface area (Å²) in [6, 6.07) is 0.163. The number of allylic oxidation sites excluding steroid dienone is 1. The molecule has 0 spiro atoms. The first-order valence-corrected chi connectivity index (χ1v) is 8.74. The van der Waals surface area contributed by atoms with Gasteiger partial charge in [0.05, 0.1) is 0 Å². The van der Waals surface area contributed by atoms with Gasteiger partial charge in [-0.1, -0.05) is 65.2 Å². The van der Waals surface area contributed by atoms with Crippen molar-refractivity contribution in [1.29, 1.82) is 0 Å². The lowest BCUT2D eigenvalue weighted by molar-refractivity contribution is -0.0309. The van der Waals surface area contributed by atoms with E-state index in [9.17, 15) is 0 Å². The number of hydrogen-bond acceptors (Lipinski definition) is 1. The van der Waals surface area contributed by atoms with Gasteiger partial charge in [0.2, 0.25) is 0 Å². The Morgan fingerprint density at radius 3 is 2.32 bits per heavy atom. The molecule has 3 heteroatoms. The van der Waals surface area contributed by atoms with Gasteiger partial charge in [0.15, 0.2) is 0 Å². The van der Waals surface area contributed by atoms with Crippen LogP contribution in [0.5, 0.6) is 0 Å². The lowest BCUT2D eigenvalue weighted by atomic mass is 9.47. The van der Waals surface area contributed by atoms with E-state index in [-0.39, 0.29) is 16.9 Å². The van der Waals surface area contributed by atoms with Crippen molar-refractivity contribution in [3.63, 3.8) is 0 Å². The average molecular weight is 303 g/mol. The quantitative estimate of drug-likeness (QED) is 0.229. The molecule has 1 fully saturated rings. The van der Waals surface area contributed by atoms with E-state index in [0.717, 1.165) is 19.3 Å². The molecule has 0 aromatic carbocycles. The lowest BCUT2D eigenvalue weighted by Crippen LogP contribution is -2.50. The number of fused-ring (bicyclic) bond motifs is 1. The molecule has 22 heavy (non-hydrogen) atoms. The van der Waals surface area contributed by atoms with Crippen LogP contribution in [-0.2, 0) is 0 Å². The molecule has 3 nitrogen and oxygen atoms in total. The van der Waals surface area contributed by atoms with Gasteiger partial charge in [0, 0.05) is 11.0 Å². The van der Waals surface area contributed by atoms with Gasteiger partial charge in [-0.15, -0.1) is 0 Å². The van der Waals surface area contributed by atoms with Crippen LogP contribution in [0, 0.1) is 28.1 Å². The molecule has 0 heterocycles. The van der Waals surface area contributed by atoms with Gasteiger partial charge in [-0.2, -0.15) is 0 Å². The number of azide groups is 1. The largest absolute Gasteiger partial charge is 0.0903 e. The van der Waals surface area contributed by atoms with Gasteiger partial charge in [-0.3, -0.25) is 0 Å². The fourth-order valence-electron chi connectivity index (χ4n) is 5.32. The van der Waals surface area contributed by atoms with Crippen molar-refractivity contribution in [3.05, 3.63) is 22.1 Å². The minimum Gasteiger partial charge on any atom is -0.0903 e. The van der Waals surface area contributed by atoms with Gasteiger partial charge < -0.3 is 0 Å². The predicted molar refractivity (Wildman–Crippen MR) is 93.5 cm³/mol. The summed E-state index contributed by atoms with van der Waals surface area (Å²) < 4.78 is 0. The molecule has 0 bridgehead atoms. The first-order valence-electron chi connectivity index (χ1n) is 8.74. The number of nitrogens with zero attached hydrogens (tertiary/aromatic N) is 3. The number of rotatable bonds is 1. The third-order valence-corrected chi connectivity index (χ3v) is 6.15.